The zero-order valence-electron chi connectivity index (χ0n) is 16.3. The fraction of sp³-hybridized carbons (Fsp3) is 0.350. The highest BCUT2D eigenvalue weighted by Gasteiger charge is 2.18. The number of hydrogen-bond donors (Lipinski definition) is 0. The van der Waals surface area contributed by atoms with Crippen molar-refractivity contribution in [3.63, 3.8) is 0 Å². The molecule has 0 saturated heterocycles. The van der Waals surface area contributed by atoms with Gasteiger partial charge in [-0.3, -0.25) is 9.59 Å². The third-order valence-corrected chi connectivity index (χ3v) is 4.63. The highest BCUT2D eigenvalue weighted by atomic mass is 16.5. The Morgan fingerprint density at radius 2 is 1.89 bits per heavy atom. The van der Waals surface area contributed by atoms with Gasteiger partial charge in [0, 0.05) is 35.5 Å². The molecule has 2 heterocycles. The zero-order valence-corrected chi connectivity index (χ0v) is 16.3. The summed E-state index contributed by atoms with van der Waals surface area (Å²) in [7, 11) is 1.38. The van der Waals surface area contributed by atoms with Gasteiger partial charge >= 0.3 is 5.97 Å². The first-order valence-electron chi connectivity index (χ1n) is 9.09. The summed E-state index contributed by atoms with van der Waals surface area (Å²) in [5.41, 5.74) is 3.33. The molecule has 146 valence electrons. The van der Waals surface area contributed by atoms with E-state index in [0.717, 1.165) is 17.0 Å². The molecular formula is C20H23N5O3. The number of ether oxygens (including phenoxy) is 1. The van der Waals surface area contributed by atoms with Crippen molar-refractivity contribution in [1.29, 1.82) is 0 Å². The number of aromatic nitrogens is 5. The highest BCUT2D eigenvalue weighted by Crippen LogP contribution is 2.18. The third kappa shape index (κ3) is 4.33. The van der Waals surface area contributed by atoms with Gasteiger partial charge in [-0.1, -0.05) is 30.3 Å². The number of aryl methyl sites for hydroxylation is 1. The van der Waals surface area contributed by atoms with Crippen LogP contribution in [0.1, 0.15) is 34.6 Å². The minimum absolute atomic E-state index is 0.0201. The Hall–Kier alpha value is -3.29. The first-order valence-corrected chi connectivity index (χ1v) is 9.09. The molecule has 8 heteroatoms. The summed E-state index contributed by atoms with van der Waals surface area (Å²) in [6, 6.07) is 11.4. The molecule has 28 heavy (non-hydrogen) atoms. The van der Waals surface area contributed by atoms with Crippen LogP contribution < -0.4 is 0 Å². The Kier molecular flexibility index (Phi) is 5.98. The Labute approximate surface area is 163 Å². The number of benzene rings is 1. The van der Waals surface area contributed by atoms with Crippen molar-refractivity contribution in [3.05, 3.63) is 53.3 Å². The van der Waals surface area contributed by atoms with E-state index in [9.17, 15) is 9.59 Å². The van der Waals surface area contributed by atoms with Crippen LogP contribution in [0.3, 0.4) is 0 Å². The second-order valence-corrected chi connectivity index (χ2v) is 6.55. The van der Waals surface area contributed by atoms with Gasteiger partial charge < -0.3 is 9.30 Å². The van der Waals surface area contributed by atoms with Crippen LogP contribution in [-0.2, 0) is 22.6 Å². The van der Waals surface area contributed by atoms with Crippen molar-refractivity contribution in [2.75, 3.05) is 7.11 Å². The largest absolute Gasteiger partial charge is 0.469 e. The molecule has 0 fully saturated rings. The van der Waals surface area contributed by atoms with Gasteiger partial charge in [-0.15, -0.1) is 10.2 Å². The Bertz CT molecular complexity index is 975. The van der Waals surface area contributed by atoms with E-state index in [4.69, 9.17) is 0 Å². The Morgan fingerprint density at radius 3 is 2.61 bits per heavy atom. The average molecular weight is 381 g/mol. The van der Waals surface area contributed by atoms with E-state index in [-0.39, 0.29) is 18.3 Å². The lowest BCUT2D eigenvalue weighted by atomic mass is 10.1. The number of hydrogen-bond acceptors (Lipinski definition) is 6. The quantitative estimate of drug-likeness (QED) is 0.440. The van der Waals surface area contributed by atoms with Crippen LogP contribution in [0.4, 0.5) is 0 Å². The molecule has 0 amide bonds. The molecule has 0 N–H and O–H groups in total. The summed E-state index contributed by atoms with van der Waals surface area (Å²) in [4.78, 5) is 25.4. The van der Waals surface area contributed by atoms with E-state index in [2.05, 4.69) is 20.1 Å². The molecule has 0 saturated carbocycles. The van der Waals surface area contributed by atoms with Gasteiger partial charge in [0.05, 0.1) is 7.11 Å². The molecule has 1 aromatic carbocycles. The SMILES string of the molecule is COC(=O)CCCn1c(C)cc(C(=O)Cn2nnc(-c3ccccc3)n2)c1C. The van der Waals surface area contributed by atoms with Crippen molar-refractivity contribution in [3.8, 4) is 11.4 Å². The molecule has 0 aliphatic heterocycles. The van der Waals surface area contributed by atoms with Gasteiger partial charge in [-0.25, -0.2) is 0 Å². The number of tetrazole rings is 1. The summed E-state index contributed by atoms with van der Waals surface area (Å²) in [6.07, 6.45) is 1.00. The second-order valence-electron chi connectivity index (χ2n) is 6.55. The molecule has 0 unspecified atom stereocenters. The van der Waals surface area contributed by atoms with Crippen LogP contribution in [0, 0.1) is 13.8 Å². The molecule has 3 aromatic rings. The molecular weight excluding hydrogens is 358 g/mol. The van der Waals surface area contributed by atoms with Crippen molar-refractivity contribution in [2.24, 2.45) is 0 Å². The normalized spacial score (nSPS) is 10.8. The predicted molar refractivity (Wildman–Crippen MR) is 103 cm³/mol. The summed E-state index contributed by atoms with van der Waals surface area (Å²) >= 11 is 0. The monoisotopic (exact) mass is 381 g/mol. The van der Waals surface area contributed by atoms with Gasteiger partial charge in [0.1, 0.15) is 6.54 Å². The number of Topliss-reactive ketones (excluding diaryl/α,β-unsaturated/α-hetero) is 1. The molecule has 0 aliphatic rings. The van der Waals surface area contributed by atoms with Gasteiger partial charge in [-0.2, -0.15) is 4.80 Å². The molecule has 0 radical (unpaired) electrons. The van der Waals surface area contributed by atoms with E-state index >= 15 is 0 Å². The fourth-order valence-electron chi connectivity index (χ4n) is 3.14. The van der Waals surface area contributed by atoms with Gasteiger partial charge in [0.25, 0.3) is 0 Å². The molecule has 0 bridgehead atoms. The molecule has 0 spiro atoms. The van der Waals surface area contributed by atoms with E-state index in [0.29, 0.717) is 30.8 Å². The molecule has 2 aromatic heterocycles. The molecule has 8 nitrogen and oxygen atoms in total. The Morgan fingerprint density at radius 1 is 1.14 bits per heavy atom. The van der Waals surface area contributed by atoms with E-state index in [1.807, 2.05) is 54.8 Å². The number of methoxy groups -OCH3 is 1. The average Bonchev–Trinajstić information content (AvgIpc) is 3.28. The fourth-order valence-corrected chi connectivity index (χ4v) is 3.14. The lowest BCUT2D eigenvalue weighted by Gasteiger charge is -2.09. The summed E-state index contributed by atoms with van der Waals surface area (Å²) in [5, 5.41) is 12.3. The van der Waals surface area contributed by atoms with E-state index in [1.165, 1.54) is 11.9 Å². The molecule has 0 aliphatic carbocycles. The van der Waals surface area contributed by atoms with E-state index in [1.54, 1.807) is 0 Å². The first kappa shape index (κ1) is 19.5. The van der Waals surface area contributed by atoms with Crippen molar-refractivity contribution < 1.29 is 14.3 Å². The maximum absolute atomic E-state index is 12.8. The lowest BCUT2D eigenvalue weighted by Crippen LogP contribution is -2.14. The summed E-state index contributed by atoms with van der Waals surface area (Å²) in [5.74, 6) is 0.177. The van der Waals surface area contributed by atoms with E-state index < -0.39 is 0 Å². The van der Waals surface area contributed by atoms with Gasteiger partial charge in [0.15, 0.2) is 5.78 Å². The van der Waals surface area contributed by atoms with Crippen LogP contribution in [0.2, 0.25) is 0 Å². The van der Waals surface area contributed by atoms with Crippen molar-refractivity contribution in [1.82, 2.24) is 24.8 Å². The molecule has 0 atom stereocenters. The number of nitrogens with zero attached hydrogens (tertiary/aromatic N) is 5. The van der Waals surface area contributed by atoms with Crippen molar-refractivity contribution >= 4 is 11.8 Å². The lowest BCUT2D eigenvalue weighted by molar-refractivity contribution is -0.140. The van der Waals surface area contributed by atoms with Crippen LogP contribution >= 0.6 is 0 Å². The van der Waals surface area contributed by atoms with Gasteiger partial charge in [-0.05, 0) is 31.5 Å². The standard InChI is InChI=1S/C20H23N5O3/c1-14-12-17(15(2)24(14)11-7-10-19(27)28-3)18(26)13-25-22-20(21-23-25)16-8-5-4-6-9-16/h4-6,8-9,12H,7,10-11,13H2,1-3H3. The van der Waals surface area contributed by atoms with Crippen LogP contribution in [-0.4, -0.2) is 43.6 Å². The maximum atomic E-state index is 12.8. The van der Waals surface area contributed by atoms with Gasteiger partial charge in [0.2, 0.25) is 5.82 Å². The van der Waals surface area contributed by atoms with Crippen molar-refractivity contribution in [2.45, 2.75) is 39.8 Å². The maximum Gasteiger partial charge on any atom is 0.305 e. The summed E-state index contributed by atoms with van der Waals surface area (Å²) in [6.45, 7) is 4.53. The van der Waals surface area contributed by atoms with Crippen LogP contribution in [0.15, 0.2) is 36.4 Å². The number of rotatable bonds is 8. The van der Waals surface area contributed by atoms with Crippen LogP contribution in [0.25, 0.3) is 11.4 Å². The smallest absolute Gasteiger partial charge is 0.305 e. The Balaban J connectivity index is 1.69. The predicted octanol–water partition coefficient (Wildman–Crippen LogP) is 2.59. The number of carbonyl (C=O) groups excluding carboxylic acids is 2. The molecule has 3 rings (SSSR count). The summed E-state index contributed by atoms with van der Waals surface area (Å²) < 4.78 is 6.71. The minimum atomic E-state index is -0.231. The topological polar surface area (TPSA) is 91.9 Å². The minimum Gasteiger partial charge on any atom is -0.469 e. The number of ketones is 1. The third-order valence-electron chi connectivity index (χ3n) is 4.63. The van der Waals surface area contributed by atoms with Crippen LogP contribution in [0.5, 0.6) is 0 Å². The highest BCUT2D eigenvalue weighted by molar-refractivity contribution is 5.97. The number of esters is 1. The number of carbonyl (C=O) groups is 2. The second kappa shape index (κ2) is 8.60. The zero-order chi connectivity index (χ0) is 20.1. The first-order chi connectivity index (χ1) is 13.5.